The third kappa shape index (κ3) is 2.67. The van der Waals surface area contributed by atoms with Crippen LogP contribution < -0.4 is 5.73 Å². The van der Waals surface area contributed by atoms with Crippen LogP contribution in [-0.2, 0) is 0 Å². The summed E-state index contributed by atoms with van der Waals surface area (Å²) in [4.78, 5) is 15.3. The summed E-state index contributed by atoms with van der Waals surface area (Å²) in [7, 11) is 0. The van der Waals surface area contributed by atoms with Crippen molar-refractivity contribution in [2.45, 2.75) is 6.04 Å². The molecule has 8 heteroatoms. The van der Waals surface area contributed by atoms with Gasteiger partial charge in [-0.3, -0.25) is 10.1 Å². The zero-order valence-corrected chi connectivity index (χ0v) is 11.5. The minimum Gasteiger partial charge on any atom is -0.337 e. The first-order valence-electron chi connectivity index (χ1n) is 6.02. The zero-order chi connectivity index (χ0) is 14.8. The average molecular weight is 302 g/mol. The van der Waals surface area contributed by atoms with Crippen molar-refractivity contribution in [2.75, 3.05) is 0 Å². The Bertz CT molecular complexity index is 752. The number of nitro groups is 1. The quantitative estimate of drug-likeness (QED) is 0.586. The van der Waals surface area contributed by atoms with Gasteiger partial charge in [0.05, 0.1) is 4.92 Å². The lowest BCUT2D eigenvalue weighted by atomic mass is 10.2. The van der Waals surface area contributed by atoms with Gasteiger partial charge in [0.2, 0.25) is 11.7 Å². The van der Waals surface area contributed by atoms with Gasteiger partial charge < -0.3 is 10.3 Å². The number of hydrogen-bond donors (Lipinski definition) is 1. The van der Waals surface area contributed by atoms with Crippen molar-refractivity contribution in [3.8, 4) is 11.4 Å². The summed E-state index contributed by atoms with van der Waals surface area (Å²) in [5.41, 5.74) is 6.69. The molecule has 0 amide bonds. The fourth-order valence-electron chi connectivity index (χ4n) is 1.80. The molecule has 0 bridgehead atoms. The van der Waals surface area contributed by atoms with Gasteiger partial charge >= 0.3 is 0 Å². The molecule has 0 radical (unpaired) electrons. The maximum absolute atomic E-state index is 10.6. The van der Waals surface area contributed by atoms with Crippen LogP contribution in [0.25, 0.3) is 11.4 Å². The average Bonchev–Trinajstić information content (AvgIpc) is 3.18. The Labute approximate surface area is 123 Å². The molecule has 3 rings (SSSR count). The summed E-state index contributed by atoms with van der Waals surface area (Å²) in [5.74, 6) is 0.665. The third-order valence-corrected chi connectivity index (χ3v) is 3.85. The van der Waals surface area contributed by atoms with E-state index in [-0.39, 0.29) is 5.69 Å². The summed E-state index contributed by atoms with van der Waals surface area (Å²) in [6.45, 7) is 0. The number of benzene rings is 1. The summed E-state index contributed by atoms with van der Waals surface area (Å²) in [6.07, 6.45) is 0. The van der Waals surface area contributed by atoms with E-state index < -0.39 is 11.0 Å². The molecule has 2 heterocycles. The van der Waals surface area contributed by atoms with E-state index in [0.717, 1.165) is 4.88 Å². The predicted molar refractivity (Wildman–Crippen MR) is 76.7 cm³/mol. The Morgan fingerprint density at radius 3 is 2.67 bits per heavy atom. The topological polar surface area (TPSA) is 108 Å². The molecular weight excluding hydrogens is 292 g/mol. The number of non-ortho nitro benzene ring substituents is 1. The van der Waals surface area contributed by atoms with E-state index in [1.807, 2.05) is 17.5 Å². The lowest BCUT2D eigenvalue weighted by Crippen LogP contribution is -2.10. The standard InChI is InChI=1S/C13H10N4O3S/c14-11(10-2-1-7-21-10)13-15-12(16-20-13)8-3-5-9(6-4-8)17(18)19/h1-7,11H,14H2. The maximum Gasteiger partial charge on any atom is 0.269 e. The van der Waals surface area contributed by atoms with Gasteiger partial charge in [-0.15, -0.1) is 11.3 Å². The minimum atomic E-state index is -0.468. The van der Waals surface area contributed by atoms with Crippen LogP contribution in [0.15, 0.2) is 46.3 Å². The summed E-state index contributed by atoms with van der Waals surface area (Å²) in [5, 5.41) is 16.4. The summed E-state index contributed by atoms with van der Waals surface area (Å²) >= 11 is 1.51. The number of nitrogens with two attached hydrogens (primary N) is 1. The molecule has 0 aliphatic rings. The molecular formula is C13H10N4O3S. The maximum atomic E-state index is 10.6. The van der Waals surface area contributed by atoms with E-state index in [2.05, 4.69) is 10.1 Å². The molecule has 3 aromatic rings. The second-order valence-corrected chi connectivity index (χ2v) is 5.23. The smallest absolute Gasteiger partial charge is 0.269 e. The van der Waals surface area contributed by atoms with Gasteiger partial charge in [-0.1, -0.05) is 11.2 Å². The molecule has 106 valence electrons. The molecule has 1 aromatic carbocycles. The molecule has 0 fully saturated rings. The van der Waals surface area contributed by atoms with Gasteiger partial charge in [0.25, 0.3) is 5.69 Å². The Morgan fingerprint density at radius 2 is 2.05 bits per heavy atom. The molecule has 0 saturated carbocycles. The molecule has 2 aromatic heterocycles. The first-order valence-corrected chi connectivity index (χ1v) is 6.90. The SMILES string of the molecule is NC(c1nc(-c2ccc([N+](=O)[O-])cc2)no1)c1cccs1. The van der Waals surface area contributed by atoms with Crippen LogP contribution in [0.3, 0.4) is 0 Å². The van der Waals surface area contributed by atoms with Crippen LogP contribution in [0, 0.1) is 10.1 Å². The van der Waals surface area contributed by atoms with Crippen molar-refractivity contribution >= 4 is 17.0 Å². The normalized spacial score (nSPS) is 12.2. The fraction of sp³-hybridized carbons (Fsp3) is 0.0769. The van der Waals surface area contributed by atoms with Gasteiger partial charge in [-0.05, 0) is 23.6 Å². The van der Waals surface area contributed by atoms with E-state index in [4.69, 9.17) is 10.3 Å². The number of aromatic nitrogens is 2. The van der Waals surface area contributed by atoms with Crippen molar-refractivity contribution < 1.29 is 9.45 Å². The fourth-order valence-corrected chi connectivity index (χ4v) is 2.52. The van der Waals surface area contributed by atoms with Gasteiger partial charge in [-0.25, -0.2) is 0 Å². The van der Waals surface area contributed by atoms with Crippen molar-refractivity contribution in [3.63, 3.8) is 0 Å². The van der Waals surface area contributed by atoms with Gasteiger partial charge in [0.15, 0.2) is 0 Å². The molecule has 7 nitrogen and oxygen atoms in total. The monoisotopic (exact) mass is 302 g/mol. The lowest BCUT2D eigenvalue weighted by molar-refractivity contribution is -0.384. The van der Waals surface area contributed by atoms with E-state index in [9.17, 15) is 10.1 Å². The number of thiophene rings is 1. The number of nitro benzene ring substituents is 1. The molecule has 2 N–H and O–H groups in total. The van der Waals surface area contributed by atoms with Gasteiger partial charge in [0.1, 0.15) is 6.04 Å². The zero-order valence-electron chi connectivity index (χ0n) is 10.7. The highest BCUT2D eigenvalue weighted by atomic mass is 32.1. The summed E-state index contributed by atoms with van der Waals surface area (Å²) in [6, 6.07) is 9.25. The van der Waals surface area contributed by atoms with Gasteiger partial charge in [0, 0.05) is 22.6 Å². The second kappa shape index (κ2) is 5.43. The Morgan fingerprint density at radius 1 is 1.29 bits per heavy atom. The van der Waals surface area contributed by atoms with Gasteiger partial charge in [-0.2, -0.15) is 4.98 Å². The van der Waals surface area contributed by atoms with Crippen molar-refractivity contribution in [1.29, 1.82) is 0 Å². The largest absolute Gasteiger partial charge is 0.337 e. The van der Waals surface area contributed by atoms with Crippen LogP contribution in [-0.4, -0.2) is 15.1 Å². The van der Waals surface area contributed by atoms with Crippen LogP contribution in [0.4, 0.5) is 5.69 Å². The van der Waals surface area contributed by atoms with Crippen LogP contribution in [0.1, 0.15) is 16.8 Å². The molecule has 1 unspecified atom stereocenters. The highest BCUT2D eigenvalue weighted by Crippen LogP contribution is 2.25. The summed E-state index contributed by atoms with van der Waals surface area (Å²) < 4.78 is 5.17. The Kier molecular flexibility index (Phi) is 3.46. The lowest BCUT2D eigenvalue weighted by Gasteiger charge is -2.01. The van der Waals surface area contributed by atoms with Crippen LogP contribution in [0.5, 0.6) is 0 Å². The van der Waals surface area contributed by atoms with E-state index in [1.165, 1.54) is 23.5 Å². The third-order valence-electron chi connectivity index (χ3n) is 2.89. The molecule has 1 atom stereocenters. The first kappa shape index (κ1) is 13.4. The van der Waals surface area contributed by atoms with Crippen molar-refractivity contribution in [2.24, 2.45) is 5.73 Å². The van der Waals surface area contributed by atoms with Crippen molar-refractivity contribution in [3.05, 3.63) is 62.7 Å². The number of rotatable bonds is 4. The van der Waals surface area contributed by atoms with Crippen LogP contribution >= 0.6 is 11.3 Å². The predicted octanol–water partition coefficient (Wildman–Crippen LogP) is 2.75. The van der Waals surface area contributed by atoms with Crippen LogP contribution in [0.2, 0.25) is 0 Å². The second-order valence-electron chi connectivity index (χ2n) is 4.25. The van der Waals surface area contributed by atoms with E-state index in [1.54, 1.807) is 12.1 Å². The highest BCUT2D eigenvalue weighted by Gasteiger charge is 2.18. The van der Waals surface area contributed by atoms with E-state index in [0.29, 0.717) is 17.3 Å². The first-order chi connectivity index (χ1) is 10.1. The number of hydrogen-bond acceptors (Lipinski definition) is 7. The minimum absolute atomic E-state index is 0.0118. The molecule has 0 aliphatic carbocycles. The van der Waals surface area contributed by atoms with E-state index >= 15 is 0 Å². The molecule has 0 spiro atoms. The Balaban J connectivity index is 1.86. The molecule has 0 aliphatic heterocycles. The number of nitrogens with zero attached hydrogens (tertiary/aromatic N) is 3. The Hall–Kier alpha value is -2.58. The van der Waals surface area contributed by atoms with Crippen molar-refractivity contribution in [1.82, 2.24) is 10.1 Å². The molecule has 21 heavy (non-hydrogen) atoms. The molecule has 0 saturated heterocycles. The highest BCUT2D eigenvalue weighted by molar-refractivity contribution is 7.10.